The van der Waals surface area contributed by atoms with Crippen molar-refractivity contribution in [1.82, 2.24) is 0 Å². The third kappa shape index (κ3) is 5.19. The monoisotopic (exact) mass is 329 g/mol. The Labute approximate surface area is 142 Å². The van der Waals surface area contributed by atoms with E-state index < -0.39 is 0 Å². The van der Waals surface area contributed by atoms with Crippen LogP contribution in [0.25, 0.3) is 0 Å². The molecule has 24 heavy (non-hydrogen) atoms. The number of nitrogens with one attached hydrogen (secondary N) is 1. The Balaban J connectivity index is 1.89. The molecule has 0 aliphatic heterocycles. The molecule has 0 bridgehead atoms. The maximum Gasteiger partial charge on any atom is 0.262 e. The summed E-state index contributed by atoms with van der Waals surface area (Å²) in [7, 11) is 1.57. The van der Waals surface area contributed by atoms with E-state index in [1.165, 1.54) is 0 Å². The Morgan fingerprint density at radius 3 is 2.42 bits per heavy atom. The van der Waals surface area contributed by atoms with Gasteiger partial charge in [-0.2, -0.15) is 0 Å². The molecule has 1 amide bonds. The van der Waals surface area contributed by atoms with E-state index in [0.717, 1.165) is 11.3 Å². The maximum atomic E-state index is 12.0. The van der Waals surface area contributed by atoms with Crippen molar-refractivity contribution in [2.75, 3.05) is 19.0 Å². The van der Waals surface area contributed by atoms with Gasteiger partial charge in [0.15, 0.2) is 18.1 Å². The molecule has 0 unspecified atom stereocenters. The van der Waals surface area contributed by atoms with Gasteiger partial charge in [0.25, 0.3) is 5.91 Å². The van der Waals surface area contributed by atoms with Gasteiger partial charge >= 0.3 is 0 Å². The predicted octanol–water partition coefficient (Wildman–Crippen LogP) is 3.81. The van der Waals surface area contributed by atoms with Crippen LogP contribution >= 0.6 is 0 Å². The lowest BCUT2D eigenvalue weighted by atomic mass is 10.2. The summed E-state index contributed by atoms with van der Waals surface area (Å²) in [6.45, 7) is 5.80. The Morgan fingerprint density at radius 1 is 1.08 bits per heavy atom. The van der Waals surface area contributed by atoms with E-state index in [9.17, 15) is 4.79 Å². The van der Waals surface area contributed by atoms with Crippen LogP contribution in [0.4, 0.5) is 5.69 Å². The number of aryl methyl sites for hydroxylation is 1. The second-order valence-corrected chi connectivity index (χ2v) is 5.68. The lowest BCUT2D eigenvalue weighted by Gasteiger charge is -2.12. The summed E-state index contributed by atoms with van der Waals surface area (Å²) in [6, 6.07) is 12.8. The number of benzene rings is 2. The number of hydrogen-bond donors (Lipinski definition) is 1. The first-order valence-corrected chi connectivity index (χ1v) is 7.82. The van der Waals surface area contributed by atoms with Crippen LogP contribution < -0.4 is 19.5 Å². The van der Waals surface area contributed by atoms with E-state index in [2.05, 4.69) is 5.32 Å². The highest BCUT2D eigenvalue weighted by molar-refractivity contribution is 5.91. The van der Waals surface area contributed by atoms with E-state index in [4.69, 9.17) is 14.2 Å². The van der Waals surface area contributed by atoms with Crippen molar-refractivity contribution < 1.29 is 19.0 Å². The zero-order valence-corrected chi connectivity index (χ0v) is 14.5. The van der Waals surface area contributed by atoms with Gasteiger partial charge in [-0.25, -0.2) is 0 Å². The largest absolute Gasteiger partial charge is 0.493 e. The maximum absolute atomic E-state index is 12.0. The molecule has 0 aromatic heterocycles. The average Bonchev–Trinajstić information content (AvgIpc) is 2.55. The summed E-state index contributed by atoms with van der Waals surface area (Å²) in [6.07, 6.45) is 0.114. The molecule has 0 fully saturated rings. The molecule has 0 heterocycles. The van der Waals surface area contributed by atoms with Crippen molar-refractivity contribution in [3.63, 3.8) is 0 Å². The minimum Gasteiger partial charge on any atom is -0.493 e. The molecule has 0 aliphatic rings. The number of carbonyl (C=O) groups excluding carboxylic acids is 1. The Kier molecular flexibility index (Phi) is 6.07. The van der Waals surface area contributed by atoms with Crippen molar-refractivity contribution >= 4 is 11.6 Å². The Hall–Kier alpha value is -2.69. The number of hydrogen-bond acceptors (Lipinski definition) is 4. The minimum absolute atomic E-state index is 0.0936. The van der Waals surface area contributed by atoms with Crippen LogP contribution in [-0.4, -0.2) is 25.7 Å². The lowest BCUT2D eigenvalue weighted by molar-refractivity contribution is -0.118. The molecule has 0 spiro atoms. The summed E-state index contributed by atoms with van der Waals surface area (Å²) in [4.78, 5) is 12.0. The van der Waals surface area contributed by atoms with E-state index in [1.807, 2.05) is 45.0 Å². The number of ether oxygens (including phenoxy) is 3. The number of rotatable bonds is 7. The van der Waals surface area contributed by atoms with E-state index in [-0.39, 0.29) is 18.6 Å². The quantitative estimate of drug-likeness (QED) is 0.839. The summed E-state index contributed by atoms with van der Waals surface area (Å²) < 4.78 is 16.3. The molecule has 2 aromatic rings. The molecule has 1 N–H and O–H groups in total. The van der Waals surface area contributed by atoms with Crippen LogP contribution in [0.1, 0.15) is 19.4 Å². The second kappa shape index (κ2) is 8.24. The van der Waals surface area contributed by atoms with Crippen LogP contribution in [0.15, 0.2) is 42.5 Å². The third-order valence-electron chi connectivity index (χ3n) is 3.19. The SMILES string of the molecule is COc1cc(C)ccc1OCC(=O)Nc1ccc(OC(C)C)cc1. The van der Waals surface area contributed by atoms with Crippen LogP contribution in [0, 0.1) is 6.92 Å². The molecule has 5 nitrogen and oxygen atoms in total. The molecule has 0 atom stereocenters. The lowest BCUT2D eigenvalue weighted by Crippen LogP contribution is -2.20. The van der Waals surface area contributed by atoms with E-state index in [1.54, 1.807) is 25.3 Å². The van der Waals surface area contributed by atoms with E-state index >= 15 is 0 Å². The van der Waals surface area contributed by atoms with Gasteiger partial charge in [-0.15, -0.1) is 0 Å². The van der Waals surface area contributed by atoms with Crippen LogP contribution in [-0.2, 0) is 4.79 Å². The Morgan fingerprint density at radius 2 is 1.79 bits per heavy atom. The average molecular weight is 329 g/mol. The standard InChI is InChI=1S/C19H23NO4/c1-13(2)24-16-8-6-15(7-9-16)20-19(21)12-23-17-10-5-14(3)11-18(17)22-4/h5-11,13H,12H2,1-4H3,(H,20,21). The van der Waals surface area contributed by atoms with Gasteiger partial charge in [0.1, 0.15) is 5.75 Å². The van der Waals surface area contributed by atoms with Gasteiger partial charge in [0, 0.05) is 5.69 Å². The zero-order valence-electron chi connectivity index (χ0n) is 14.5. The number of methoxy groups -OCH3 is 1. The van der Waals surface area contributed by atoms with Gasteiger partial charge in [0.05, 0.1) is 13.2 Å². The molecule has 0 radical (unpaired) electrons. The first-order chi connectivity index (χ1) is 11.5. The fraction of sp³-hybridized carbons (Fsp3) is 0.316. The molecular formula is C19H23NO4. The van der Waals surface area contributed by atoms with Gasteiger partial charge in [0.2, 0.25) is 0 Å². The van der Waals surface area contributed by atoms with E-state index in [0.29, 0.717) is 17.2 Å². The fourth-order valence-corrected chi connectivity index (χ4v) is 2.12. The second-order valence-electron chi connectivity index (χ2n) is 5.68. The minimum atomic E-state index is -0.241. The highest BCUT2D eigenvalue weighted by Gasteiger charge is 2.08. The normalized spacial score (nSPS) is 10.4. The molecular weight excluding hydrogens is 306 g/mol. The first kappa shape index (κ1) is 17.7. The molecule has 0 saturated carbocycles. The number of carbonyl (C=O) groups is 1. The van der Waals surface area contributed by atoms with Crippen molar-refractivity contribution in [1.29, 1.82) is 0 Å². The summed E-state index contributed by atoms with van der Waals surface area (Å²) >= 11 is 0. The molecule has 5 heteroatoms. The van der Waals surface area contributed by atoms with Gasteiger partial charge < -0.3 is 19.5 Å². The molecule has 0 saturated heterocycles. The third-order valence-corrected chi connectivity index (χ3v) is 3.19. The number of amides is 1. The summed E-state index contributed by atoms with van der Waals surface area (Å²) in [5.41, 5.74) is 1.75. The van der Waals surface area contributed by atoms with Crippen LogP contribution in [0.5, 0.6) is 17.2 Å². The smallest absolute Gasteiger partial charge is 0.262 e. The molecule has 0 aliphatic carbocycles. The number of anilines is 1. The van der Waals surface area contributed by atoms with Gasteiger partial charge in [-0.1, -0.05) is 6.07 Å². The molecule has 128 valence electrons. The Bertz CT molecular complexity index is 680. The summed E-state index contributed by atoms with van der Waals surface area (Å²) in [5, 5.41) is 2.78. The predicted molar refractivity (Wildman–Crippen MR) is 94.1 cm³/mol. The van der Waals surface area contributed by atoms with Gasteiger partial charge in [-0.3, -0.25) is 4.79 Å². The van der Waals surface area contributed by atoms with Crippen molar-refractivity contribution in [2.45, 2.75) is 26.9 Å². The molecule has 2 aromatic carbocycles. The van der Waals surface area contributed by atoms with Gasteiger partial charge in [-0.05, 0) is 62.7 Å². The highest BCUT2D eigenvalue weighted by Crippen LogP contribution is 2.27. The van der Waals surface area contributed by atoms with Crippen LogP contribution in [0.3, 0.4) is 0 Å². The fourth-order valence-electron chi connectivity index (χ4n) is 2.12. The highest BCUT2D eigenvalue weighted by atomic mass is 16.5. The molecule has 2 rings (SSSR count). The zero-order chi connectivity index (χ0) is 17.5. The van der Waals surface area contributed by atoms with Crippen molar-refractivity contribution in [3.05, 3.63) is 48.0 Å². The van der Waals surface area contributed by atoms with Crippen LogP contribution in [0.2, 0.25) is 0 Å². The van der Waals surface area contributed by atoms with Crippen molar-refractivity contribution in [3.8, 4) is 17.2 Å². The first-order valence-electron chi connectivity index (χ1n) is 7.82. The topological polar surface area (TPSA) is 56.8 Å². The van der Waals surface area contributed by atoms with Crippen molar-refractivity contribution in [2.24, 2.45) is 0 Å². The summed E-state index contributed by atoms with van der Waals surface area (Å²) in [5.74, 6) is 1.68.